The van der Waals surface area contributed by atoms with E-state index in [4.69, 9.17) is 5.73 Å². The number of carbonyl (C=O) groups excluding carboxylic acids is 1. The van der Waals surface area contributed by atoms with Crippen molar-refractivity contribution in [2.75, 3.05) is 13.1 Å². The SMILES string of the molecule is CCCCC(N(CC(C)C)CC(C)C)C(CCCC)(CCCC)C(N)=O. The molecule has 3 nitrogen and oxygen atoms in total. The highest BCUT2D eigenvalue weighted by Crippen LogP contribution is 2.40. The Morgan fingerprint density at radius 1 is 0.846 bits per heavy atom. The van der Waals surface area contributed by atoms with E-state index in [-0.39, 0.29) is 17.4 Å². The van der Waals surface area contributed by atoms with Gasteiger partial charge in [-0.3, -0.25) is 9.69 Å². The maximum absolute atomic E-state index is 12.9. The number of rotatable bonds is 16. The minimum absolute atomic E-state index is 0.0574. The minimum Gasteiger partial charge on any atom is -0.369 e. The van der Waals surface area contributed by atoms with Gasteiger partial charge in [0.15, 0.2) is 0 Å². The molecule has 1 unspecified atom stereocenters. The van der Waals surface area contributed by atoms with Gasteiger partial charge in [-0.25, -0.2) is 0 Å². The van der Waals surface area contributed by atoms with E-state index in [1.807, 2.05) is 0 Å². The molecule has 0 spiro atoms. The first kappa shape index (κ1) is 25.4. The lowest BCUT2D eigenvalue weighted by atomic mass is 9.69. The standard InChI is InChI=1S/C23H48N2O/c1-8-11-14-21(25(17-19(4)5)18-20(6)7)23(22(24)26,15-12-9-2)16-13-10-3/h19-21H,8-18H2,1-7H3,(H2,24,26). The van der Waals surface area contributed by atoms with Gasteiger partial charge in [0, 0.05) is 19.1 Å². The monoisotopic (exact) mass is 368 g/mol. The van der Waals surface area contributed by atoms with Gasteiger partial charge >= 0.3 is 0 Å². The van der Waals surface area contributed by atoms with Crippen LogP contribution in [0.5, 0.6) is 0 Å². The molecule has 0 fully saturated rings. The van der Waals surface area contributed by atoms with Crippen LogP contribution in [0, 0.1) is 17.3 Å². The van der Waals surface area contributed by atoms with Crippen molar-refractivity contribution in [2.24, 2.45) is 23.0 Å². The number of unbranched alkanes of at least 4 members (excludes halogenated alkanes) is 3. The van der Waals surface area contributed by atoms with Gasteiger partial charge in [-0.2, -0.15) is 0 Å². The van der Waals surface area contributed by atoms with Gasteiger partial charge in [-0.1, -0.05) is 87.0 Å². The Kier molecular flexibility index (Phi) is 13.3. The number of hydrogen-bond donors (Lipinski definition) is 1. The lowest BCUT2D eigenvalue weighted by molar-refractivity contribution is -0.134. The zero-order valence-electron chi connectivity index (χ0n) is 18.9. The molecular formula is C23H48N2O. The Hall–Kier alpha value is -0.570. The Morgan fingerprint density at radius 3 is 1.58 bits per heavy atom. The lowest BCUT2D eigenvalue weighted by Gasteiger charge is -2.46. The molecule has 0 aliphatic heterocycles. The normalized spacial score (nSPS) is 13.8. The van der Waals surface area contributed by atoms with Gasteiger partial charge in [0.05, 0.1) is 5.41 Å². The Balaban J connectivity index is 5.96. The van der Waals surface area contributed by atoms with Crippen molar-refractivity contribution in [3.8, 4) is 0 Å². The van der Waals surface area contributed by atoms with Gasteiger partial charge in [0.25, 0.3) is 0 Å². The van der Waals surface area contributed by atoms with Crippen molar-refractivity contribution in [1.82, 2.24) is 4.90 Å². The van der Waals surface area contributed by atoms with E-state index < -0.39 is 0 Å². The molecule has 0 rings (SSSR count). The van der Waals surface area contributed by atoms with Crippen molar-refractivity contribution in [3.05, 3.63) is 0 Å². The van der Waals surface area contributed by atoms with Crippen LogP contribution in [-0.4, -0.2) is 29.9 Å². The van der Waals surface area contributed by atoms with Gasteiger partial charge in [-0.05, 0) is 31.1 Å². The van der Waals surface area contributed by atoms with Gasteiger partial charge in [0.2, 0.25) is 5.91 Å². The van der Waals surface area contributed by atoms with E-state index >= 15 is 0 Å². The van der Waals surface area contributed by atoms with Crippen molar-refractivity contribution in [2.45, 2.75) is 112 Å². The Labute approximate surface area is 164 Å². The predicted octanol–water partition coefficient (Wildman–Crippen LogP) is 6.01. The molecule has 26 heavy (non-hydrogen) atoms. The maximum atomic E-state index is 12.9. The molecule has 0 aromatic heterocycles. The van der Waals surface area contributed by atoms with Crippen LogP contribution in [0.3, 0.4) is 0 Å². The maximum Gasteiger partial charge on any atom is 0.225 e. The number of amides is 1. The molecule has 0 saturated carbocycles. The van der Waals surface area contributed by atoms with Gasteiger partial charge in [0.1, 0.15) is 0 Å². The topological polar surface area (TPSA) is 46.3 Å². The molecule has 1 amide bonds. The molecule has 0 saturated heterocycles. The average Bonchev–Trinajstić information content (AvgIpc) is 2.55. The Bertz CT molecular complexity index is 347. The fourth-order valence-corrected chi connectivity index (χ4v) is 4.33. The van der Waals surface area contributed by atoms with Gasteiger partial charge < -0.3 is 5.73 Å². The summed E-state index contributed by atoms with van der Waals surface area (Å²) < 4.78 is 0. The first-order valence-corrected chi connectivity index (χ1v) is 11.3. The predicted molar refractivity (Wildman–Crippen MR) is 115 cm³/mol. The van der Waals surface area contributed by atoms with Crippen LogP contribution in [-0.2, 0) is 4.79 Å². The van der Waals surface area contributed by atoms with Crippen molar-refractivity contribution < 1.29 is 4.79 Å². The summed E-state index contributed by atoms with van der Waals surface area (Å²) in [5, 5.41) is 0. The molecule has 0 radical (unpaired) electrons. The third-order valence-corrected chi connectivity index (χ3v) is 5.55. The van der Waals surface area contributed by atoms with Crippen LogP contribution in [0.2, 0.25) is 0 Å². The van der Waals surface area contributed by atoms with E-state index in [0.29, 0.717) is 11.8 Å². The summed E-state index contributed by atoms with van der Waals surface area (Å²) in [5.74, 6) is 1.14. The second kappa shape index (κ2) is 13.6. The van der Waals surface area contributed by atoms with E-state index in [1.165, 1.54) is 12.8 Å². The molecule has 156 valence electrons. The van der Waals surface area contributed by atoms with Crippen molar-refractivity contribution in [1.29, 1.82) is 0 Å². The third-order valence-electron chi connectivity index (χ3n) is 5.55. The molecule has 0 aliphatic rings. The first-order valence-electron chi connectivity index (χ1n) is 11.3. The van der Waals surface area contributed by atoms with Crippen molar-refractivity contribution in [3.63, 3.8) is 0 Å². The summed E-state index contributed by atoms with van der Waals surface area (Å²) in [4.78, 5) is 15.5. The van der Waals surface area contributed by atoms with Crippen LogP contribution >= 0.6 is 0 Å². The molecule has 0 heterocycles. The summed E-state index contributed by atoms with van der Waals surface area (Å²) in [6.07, 6.45) is 9.74. The fourth-order valence-electron chi connectivity index (χ4n) is 4.33. The first-order chi connectivity index (χ1) is 12.2. The summed E-state index contributed by atoms with van der Waals surface area (Å²) in [5.41, 5.74) is 5.79. The molecule has 0 aliphatic carbocycles. The average molecular weight is 369 g/mol. The third kappa shape index (κ3) is 8.41. The van der Waals surface area contributed by atoms with E-state index in [1.54, 1.807) is 0 Å². The molecule has 1 atom stereocenters. The largest absolute Gasteiger partial charge is 0.369 e. The molecule has 2 N–H and O–H groups in total. The van der Waals surface area contributed by atoms with Gasteiger partial charge in [-0.15, -0.1) is 0 Å². The van der Waals surface area contributed by atoms with E-state index in [2.05, 4.69) is 53.4 Å². The highest BCUT2D eigenvalue weighted by Gasteiger charge is 2.45. The summed E-state index contributed by atoms with van der Waals surface area (Å²) >= 11 is 0. The summed E-state index contributed by atoms with van der Waals surface area (Å²) in [6, 6.07) is 0.280. The van der Waals surface area contributed by atoms with E-state index in [9.17, 15) is 4.79 Å². The number of primary amides is 1. The summed E-state index contributed by atoms with van der Waals surface area (Å²) in [6.45, 7) is 17.9. The smallest absolute Gasteiger partial charge is 0.225 e. The number of carbonyl (C=O) groups is 1. The second-order valence-electron chi connectivity index (χ2n) is 9.13. The molecule has 0 aromatic rings. The van der Waals surface area contributed by atoms with Crippen LogP contribution in [0.4, 0.5) is 0 Å². The Morgan fingerprint density at radius 2 is 1.27 bits per heavy atom. The van der Waals surface area contributed by atoms with Crippen LogP contribution in [0.15, 0.2) is 0 Å². The quantitative estimate of drug-likeness (QED) is 0.362. The van der Waals surface area contributed by atoms with Crippen LogP contribution in [0.1, 0.15) is 106 Å². The zero-order valence-corrected chi connectivity index (χ0v) is 18.9. The fraction of sp³-hybridized carbons (Fsp3) is 0.957. The highest BCUT2D eigenvalue weighted by molar-refractivity contribution is 5.81. The van der Waals surface area contributed by atoms with Crippen LogP contribution < -0.4 is 5.73 Å². The molecule has 0 bridgehead atoms. The highest BCUT2D eigenvalue weighted by atomic mass is 16.1. The summed E-state index contributed by atoms with van der Waals surface area (Å²) in [7, 11) is 0. The van der Waals surface area contributed by atoms with Crippen molar-refractivity contribution >= 4 is 5.91 Å². The lowest BCUT2D eigenvalue weighted by Crippen LogP contribution is -2.56. The molecule has 3 heteroatoms. The van der Waals surface area contributed by atoms with E-state index in [0.717, 1.165) is 58.0 Å². The molecule has 0 aromatic carbocycles. The number of nitrogens with zero attached hydrogens (tertiary/aromatic N) is 1. The van der Waals surface area contributed by atoms with Crippen LogP contribution in [0.25, 0.3) is 0 Å². The zero-order chi connectivity index (χ0) is 20.2. The number of hydrogen-bond acceptors (Lipinski definition) is 2. The second-order valence-corrected chi connectivity index (χ2v) is 9.13. The number of nitrogens with two attached hydrogens (primary N) is 1. The minimum atomic E-state index is -0.370. The molecular weight excluding hydrogens is 320 g/mol.